The summed E-state index contributed by atoms with van der Waals surface area (Å²) in [5, 5.41) is 13.4. The second kappa shape index (κ2) is 8.23. The number of rotatable bonds is 6. The Morgan fingerprint density at radius 1 is 1.19 bits per heavy atom. The summed E-state index contributed by atoms with van der Waals surface area (Å²) >= 11 is 0. The highest BCUT2D eigenvalue weighted by Crippen LogP contribution is 2.49. The van der Waals surface area contributed by atoms with Crippen molar-refractivity contribution in [3.63, 3.8) is 0 Å². The zero-order chi connectivity index (χ0) is 22.1. The van der Waals surface area contributed by atoms with E-state index in [1.54, 1.807) is 30.6 Å². The number of carbonyl (C=O) groups excluding carboxylic acids is 1. The number of nitrogens with zero attached hydrogens (tertiary/aromatic N) is 5. The van der Waals surface area contributed by atoms with Crippen LogP contribution in [0.3, 0.4) is 0 Å². The van der Waals surface area contributed by atoms with Crippen molar-refractivity contribution in [3.8, 4) is 11.3 Å². The van der Waals surface area contributed by atoms with Crippen LogP contribution in [0.25, 0.3) is 11.3 Å². The van der Waals surface area contributed by atoms with Gasteiger partial charge in [-0.15, -0.1) is 0 Å². The first-order chi connectivity index (χ1) is 15.5. The molecule has 1 aliphatic heterocycles. The zero-order valence-electron chi connectivity index (χ0n) is 17.1. The first kappa shape index (κ1) is 20.4. The Kier molecular flexibility index (Phi) is 5.25. The van der Waals surface area contributed by atoms with Crippen molar-refractivity contribution < 1.29 is 13.6 Å². The minimum atomic E-state index is -2.92. The molecule has 1 amide bonds. The summed E-state index contributed by atoms with van der Waals surface area (Å²) in [6.07, 6.45) is 8.44. The van der Waals surface area contributed by atoms with Crippen LogP contribution < -0.4 is 16.0 Å². The molecule has 11 heteroatoms. The lowest BCUT2D eigenvalue weighted by Gasteiger charge is -2.22. The Balaban J connectivity index is 1.28. The number of anilines is 3. The number of hydrogen-bond donors (Lipinski definition) is 3. The maximum atomic E-state index is 13.1. The molecular formula is C21H22F2N8O. The maximum Gasteiger partial charge on any atom is 0.260 e. The molecule has 1 aliphatic carbocycles. The maximum absolute atomic E-state index is 13.1. The van der Waals surface area contributed by atoms with Gasteiger partial charge in [-0.2, -0.15) is 5.10 Å². The van der Waals surface area contributed by atoms with Gasteiger partial charge in [0.1, 0.15) is 11.7 Å². The van der Waals surface area contributed by atoms with Crippen LogP contribution in [-0.2, 0) is 4.79 Å². The van der Waals surface area contributed by atoms with Gasteiger partial charge in [-0.25, -0.2) is 23.7 Å². The number of piperidine rings is 1. The van der Waals surface area contributed by atoms with Gasteiger partial charge in [-0.05, 0) is 44.1 Å². The monoisotopic (exact) mass is 440 g/mol. The number of pyridine rings is 1. The highest BCUT2D eigenvalue weighted by molar-refractivity contribution is 5.94. The summed E-state index contributed by atoms with van der Waals surface area (Å²) < 4.78 is 28.2. The van der Waals surface area contributed by atoms with Gasteiger partial charge in [0.25, 0.3) is 5.92 Å². The largest absolute Gasteiger partial charge is 0.321 e. The molecule has 3 aromatic heterocycles. The molecule has 0 radical (unpaired) electrons. The number of carbonyl (C=O) groups is 1. The molecule has 0 spiro atoms. The molecule has 166 valence electrons. The van der Waals surface area contributed by atoms with Crippen LogP contribution in [0.15, 0.2) is 43.0 Å². The molecule has 1 atom stereocenters. The molecule has 3 aromatic rings. The molecule has 3 N–H and O–H groups in total. The van der Waals surface area contributed by atoms with Gasteiger partial charge in [-0.1, -0.05) is 0 Å². The Morgan fingerprint density at radius 2 is 1.97 bits per heavy atom. The van der Waals surface area contributed by atoms with Crippen molar-refractivity contribution in [3.05, 3.63) is 43.0 Å². The van der Waals surface area contributed by atoms with Crippen molar-refractivity contribution in [1.82, 2.24) is 30.0 Å². The van der Waals surface area contributed by atoms with Gasteiger partial charge in [-0.3, -0.25) is 9.48 Å². The summed E-state index contributed by atoms with van der Waals surface area (Å²) in [6.45, 7) is 1.96. The van der Waals surface area contributed by atoms with E-state index in [0.29, 0.717) is 23.2 Å². The fourth-order valence-corrected chi connectivity index (χ4v) is 3.75. The van der Waals surface area contributed by atoms with E-state index >= 15 is 0 Å². The van der Waals surface area contributed by atoms with Gasteiger partial charge in [0.2, 0.25) is 11.9 Å². The van der Waals surface area contributed by atoms with Crippen molar-refractivity contribution in [2.24, 2.45) is 5.92 Å². The lowest BCUT2D eigenvalue weighted by atomic mass is 10.1. The second-order valence-corrected chi connectivity index (χ2v) is 8.02. The summed E-state index contributed by atoms with van der Waals surface area (Å²) in [4.78, 5) is 24.8. The Labute approximate surface area is 182 Å². The topological polar surface area (TPSA) is 110 Å². The SMILES string of the molecule is O=C(Nc1cc(-c2ccnc(Nc3cnn(C4CCNCC4)c3)n2)ccn1)C1CC1(F)F. The van der Waals surface area contributed by atoms with Crippen LogP contribution in [0.4, 0.5) is 26.2 Å². The lowest BCUT2D eigenvalue weighted by Crippen LogP contribution is -2.29. The van der Waals surface area contributed by atoms with Crippen molar-refractivity contribution in [2.45, 2.75) is 31.2 Å². The van der Waals surface area contributed by atoms with Crippen molar-refractivity contribution in [1.29, 1.82) is 0 Å². The predicted octanol–water partition coefficient (Wildman–Crippen LogP) is 3.00. The van der Waals surface area contributed by atoms with Gasteiger partial charge in [0.15, 0.2) is 0 Å². The number of hydrogen-bond acceptors (Lipinski definition) is 7. The standard InChI is InChI=1S/C21H22F2N8O/c22-21(23)10-16(21)19(32)30-18-9-13(1-7-25-18)17-4-8-26-20(29-17)28-14-11-27-31(12-14)15-2-5-24-6-3-15/h1,4,7-9,11-12,15-16,24H,2-3,5-6,10H2,(H,25,30,32)(H,26,28,29). The van der Waals surface area contributed by atoms with Crippen molar-refractivity contribution >= 4 is 23.4 Å². The minimum absolute atomic E-state index is 0.201. The number of amides is 1. The highest BCUT2D eigenvalue weighted by atomic mass is 19.3. The van der Waals surface area contributed by atoms with E-state index in [2.05, 4.69) is 36.0 Å². The van der Waals surface area contributed by atoms with E-state index in [-0.39, 0.29) is 5.82 Å². The molecular weight excluding hydrogens is 418 g/mol. The molecule has 32 heavy (non-hydrogen) atoms. The predicted molar refractivity (Wildman–Crippen MR) is 114 cm³/mol. The van der Waals surface area contributed by atoms with E-state index in [1.165, 1.54) is 6.20 Å². The van der Waals surface area contributed by atoms with Gasteiger partial charge < -0.3 is 16.0 Å². The third kappa shape index (κ3) is 4.42. The van der Waals surface area contributed by atoms with E-state index in [9.17, 15) is 13.6 Å². The summed E-state index contributed by atoms with van der Waals surface area (Å²) in [7, 11) is 0. The van der Waals surface area contributed by atoms with Crippen molar-refractivity contribution in [2.75, 3.05) is 23.7 Å². The Morgan fingerprint density at radius 3 is 2.75 bits per heavy atom. The van der Waals surface area contributed by atoms with Crippen LogP contribution >= 0.6 is 0 Å². The number of halogens is 2. The fraction of sp³-hybridized carbons (Fsp3) is 0.381. The Bertz CT molecular complexity index is 1130. The van der Waals surface area contributed by atoms with Gasteiger partial charge in [0.05, 0.1) is 23.6 Å². The third-order valence-electron chi connectivity index (χ3n) is 5.65. The van der Waals surface area contributed by atoms with Crippen LogP contribution in [0.5, 0.6) is 0 Å². The first-order valence-corrected chi connectivity index (χ1v) is 10.5. The van der Waals surface area contributed by atoms with E-state index in [0.717, 1.165) is 31.6 Å². The molecule has 4 heterocycles. The highest BCUT2D eigenvalue weighted by Gasteiger charge is 2.61. The average molecular weight is 440 g/mol. The fourth-order valence-electron chi connectivity index (χ4n) is 3.75. The molecule has 5 rings (SSSR count). The van der Waals surface area contributed by atoms with Gasteiger partial charge >= 0.3 is 0 Å². The molecule has 0 aromatic carbocycles. The molecule has 1 saturated carbocycles. The molecule has 1 saturated heterocycles. The molecule has 1 unspecified atom stereocenters. The van der Waals surface area contributed by atoms with Gasteiger partial charge in [0, 0.05) is 30.6 Å². The summed E-state index contributed by atoms with van der Waals surface area (Å²) in [5.74, 6) is -4.33. The van der Waals surface area contributed by atoms with E-state index < -0.39 is 24.2 Å². The zero-order valence-corrected chi connectivity index (χ0v) is 17.1. The molecule has 9 nitrogen and oxygen atoms in total. The number of aromatic nitrogens is 5. The second-order valence-electron chi connectivity index (χ2n) is 8.02. The first-order valence-electron chi connectivity index (χ1n) is 10.5. The summed E-state index contributed by atoms with van der Waals surface area (Å²) in [5.41, 5.74) is 2.06. The smallest absolute Gasteiger partial charge is 0.260 e. The number of alkyl halides is 2. The van der Waals surface area contributed by atoms with E-state index in [1.807, 2.05) is 10.9 Å². The molecule has 2 fully saturated rings. The average Bonchev–Trinajstić information content (AvgIpc) is 3.21. The third-order valence-corrected chi connectivity index (χ3v) is 5.65. The normalized spacial score (nSPS) is 20.0. The summed E-state index contributed by atoms with van der Waals surface area (Å²) in [6, 6.07) is 5.42. The van der Waals surface area contributed by atoms with Crippen LogP contribution in [0.1, 0.15) is 25.3 Å². The van der Waals surface area contributed by atoms with Crippen LogP contribution in [0, 0.1) is 5.92 Å². The molecule has 2 aliphatic rings. The number of nitrogens with one attached hydrogen (secondary N) is 3. The van der Waals surface area contributed by atoms with Crippen LogP contribution in [0.2, 0.25) is 0 Å². The quantitative estimate of drug-likeness (QED) is 0.541. The van der Waals surface area contributed by atoms with Crippen LogP contribution in [-0.4, -0.2) is 49.7 Å². The van der Waals surface area contributed by atoms with E-state index in [4.69, 9.17) is 0 Å². The molecule has 0 bridgehead atoms. The minimum Gasteiger partial charge on any atom is -0.321 e. The Hall–Kier alpha value is -3.47. The lowest BCUT2D eigenvalue weighted by molar-refractivity contribution is -0.119.